The molecular formula is C55H103NO5. The fraction of sp³-hybridized carbons (Fsp3) is 0.855. The lowest BCUT2D eigenvalue weighted by Gasteiger charge is -2.22. The highest BCUT2D eigenvalue weighted by molar-refractivity contribution is 5.76. The predicted octanol–water partition coefficient (Wildman–Crippen LogP) is 16.1. The Labute approximate surface area is 379 Å². The Morgan fingerprint density at radius 2 is 0.820 bits per heavy atom. The van der Waals surface area contributed by atoms with E-state index in [1.165, 1.54) is 154 Å². The van der Waals surface area contributed by atoms with Crippen LogP contribution < -0.4 is 5.32 Å². The molecule has 0 rings (SSSR count). The lowest BCUT2D eigenvalue weighted by Crippen LogP contribution is -2.45. The summed E-state index contributed by atoms with van der Waals surface area (Å²) in [4.78, 5) is 24.5. The van der Waals surface area contributed by atoms with Crippen LogP contribution in [0.25, 0.3) is 0 Å². The Bertz CT molecular complexity index is 993. The molecule has 0 heterocycles. The first kappa shape index (κ1) is 59.1. The topological polar surface area (TPSA) is 95.9 Å². The maximum atomic E-state index is 12.5. The normalized spacial score (nSPS) is 12.9. The quantitative estimate of drug-likeness (QED) is 0.0322. The number of hydrogen-bond donors (Lipinski definition) is 3. The van der Waals surface area contributed by atoms with Gasteiger partial charge in [-0.1, -0.05) is 211 Å². The van der Waals surface area contributed by atoms with E-state index in [0.29, 0.717) is 25.9 Å². The van der Waals surface area contributed by atoms with Crippen molar-refractivity contribution in [1.82, 2.24) is 5.32 Å². The summed E-state index contributed by atoms with van der Waals surface area (Å²) in [5, 5.41) is 23.2. The fourth-order valence-electron chi connectivity index (χ4n) is 8.02. The molecule has 2 atom stereocenters. The van der Waals surface area contributed by atoms with E-state index >= 15 is 0 Å². The van der Waals surface area contributed by atoms with E-state index in [1.54, 1.807) is 0 Å². The van der Waals surface area contributed by atoms with Crippen LogP contribution in [0.5, 0.6) is 0 Å². The molecule has 3 N–H and O–H groups in total. The molecule has 0 aliphatic heterocycles. The van der Waals surface area contributed by atoms with Gasteiger partial charge in [-0.3, -0.25) is 9.59 Å². The molecule has 0 radical (unpaired) electrons. The molecular weight excluding hydrogens is 755 g/mol. The zero-order valence-corrected chi connectivity index (χ0v) is 40.6. The van der Waals surface area contributed by atoms with E-state index in [0.717, 1.165) is 89.9 Å². The molecule has 0 aliphatic rings. The summed E-state index contributed by atoms with van der Waals surface area (Å²) in [6.07, 6.45) is 61.1. The van der Waals surface area contributed by atoms with Crippen LogP contribution in [0.1, 0.15) is 277 Å². The van der Waals surface area contributed by atoms with E-state index in [9.17, 15) is 19.8 Å². The van der Waals surface area contributed by atoms with Gasteiger partial charge < -0.3 is 20.3 Å². The number of aliphatic hydroxyl groups excluding tert-OH is 2. The number of nitrogens with one attached hydrogen (secondary N) is 1. The van der Waals surface area contributed by atoms with Crippen LogP contribution in [0.4, 0.5) is 0 Å². The first-order valence-electron chi connectivity index (χ1n) is 26.7. The number of aliphatic hydroxyl groups is 2. The molecule has 358 valence electrons. The summed E-state index contributed by atoms with van der Waals surface area (Å²) >= 11 is 0. The van der Waals surface area contributed by atoms with Gasteiger partial charge in [-0.25, -0.2) is 0 Å². The largest absolute Gasteiger partial charge is 0.466 e. The third kappa shape index (κ3) is 47.4. The van der Waals surface area contributed by atoms with Gasteiger partial charge in [-0.05, 0) is 89.9 Å². The number of unbranched alkanes of at least 4 members (excludes halogenated alkanes) is 32. The highest BCUT2D eigenvalue weighted by atomic mass is 16.5. The Balaban J connectivity index is 3.52. The maximum absolute atomic E-state index is 12.5. The van der Waals surface area contributed by atoms with Gasteiger partial charge >= 0.3 is 5.97 Å². The second-order valence-corrected chi connectivity index (χ2v) is 18.2. The van der Waals surface area contributed by atoms with Crippen molar-refractivity contribution in [2.24, 2.45) is 0 Å². The Morgan fingerprint density at radius 1 is 0.459 bits per heavy atom. The SMILES string of the molecule is CCCCC/C=C\C/C=C\CCCCCCCC(=O)OCCCCC/C=C\CCCCCCCC(=O)NC(CO)C(O)CCCCCCCCCCCCCCCCCCC. The summed E-state index contributed by atoms with van der Waals surface area (Å²) in [6, 6.07) is -0.561. The lowest BCUT2D eigenvalue weighted by molar-refractivity contribution is -0.143. The first-order chi connectivity index (χ1) is 30.0. The van der Waals surface area contributed by atoms with E-state index in [4.69, 9.17) is 4.74 Å². The smallest absolute Gasteiger partial charge is 0.305 e. The lowest BCUT2D eigenvalue weighted by atomic mass is 10.0. The molecule has 0 spiro atoms. The third-order valence-corrected chi connectivity index (χ3v) is 12.2. The number of esters is 1. The summed E-state index contributed by atoms with van der Waals surface area (Å²) in [7, 11) is 0. The van der Waals surface area contributed by atoms with Crippen LogP contribution in [0.2, 0.25) is 0 Å². The van der Waals surface area contributed by atoms with Crippen molar-refractivity contribution in [3.63, 3.8) is 0 Å². The van der Waals surface area contributed by atoms with Crippen molar-refractivity contribution in [1.29, 1.82) is 0 Å². The van der Waals surface area contributed by atoms with E-state index in [1.807, 2.05) is 0 Å². The van der Waals surface area contributed by atoms with E-state index < -0.39 is 12.1 Å². The number of carbonyl (C=O) groups excluding carboxylic acids is 2. The average molecular weight is 858 g/mol. The number of ether oxygens (including phenoxy) is 1. The highest BCUT2D eigenvalue weighted by Gasteiger charge is 2.20. The second-order valence-electron chi connectivity index (χ2n) is 18.2. The molecule has 0 aliphatic carbocycles. The number of allylic oxidation sites excluding steroid dienone is 6. The first-order valence-corrected chi connectivity index (χ1v) is 26.7. The van der Waals surface area contributed by atoms with Crippen molar-refractivity contribution in [2.45, 2.75) is 289 Å². The zero-order valence-electron chi connectivity index (χ0n) is 40.6. The molecule has 61 heavy (non-hydrogen) atoms. The van der Waals surface area contributed by atoms with Crippen LogP contribution in [0.3, 0.4) is 0 Å². The molecule has 0 aromatic rings. The van der Waals surface area contributed by atoms with Gasteiger partial charge in [0.1, 0.15) is 0 Å². The monoisotopic (exact) mass is 858 g/mol. The number of hydrogen-bond acceptors (Lipinski definition) is 5. The minimum absolute atomic E-state index is 0.0369. The summed E-state index contributed by atoms with van der Waals surface area (Å²) < 4.78 is 5.44. The van der Waals surface area contributed by atoms with Crippen molar-refractivity contribution >= 4 is 11.9 Å². The van der Waals surface area contributed by atoms with Crippen LogP contribution in [0.15, 0.2) is 36.5 Å². The molecule has 0 aromatic heterocycles. The fourth-order valence-corrected chi connectivity index (χ4v) is 8.02. The molecule has 6 heteroatoms. The molecule has 0 fully saturated rings. The van der Waals surface area contributed by atoms with Crippen molar-refractivity contribution in [2.75, 3.05) is 13.2 Å². The van der Waals surface area contributed by atoms with Gasteiger partial charge in [0.15, 0.2) is 0 Å². The van der Waals surface area contributed by atoms with Gasteiger partial charge in [0.2, 0.25) is 5.91 Å². The summed E-state index contributed by atoms with van der Waals surface area (Å²) in [6.45, 7) is 4.86. The molecule has 6 nitrogen and oxygen atoms in total. The third-order valence-electron chi connectivity index (χ3n) is 12.2. The molecule has 0 saturated carbocycles. The summed E-state index contributed by atoms with van der Waals surface area (Å²) in [5.41, 5.74) is 0. The van der Waals surface area contributed by atoms with Crippen LogP contribution in [-0.4, -0.2) is 47.4 Å². The van der Waals surface area contributed by atoms with Gasteiger partial charge in [-0.2, -0.15) is 0 Å². The van der Waals surface area contributed by atoms with Crippen LogP contribution in [0, 0.1) is 0 Å². The van der Waals surface area contributed by atoms with Crippen molar-refractivity contribution in [3.8, 4) is 0 Å². The zero-order chi connectivity index (χ0) is 44.4. The Morgan fingerprint density at radius 3 is 1.30 bits per heavy atom. The molecule has 0 bridgehead atoms. The average Bonchev–Trinajstić information content (AvgIpc) is 3.26. The minimum atomic E-state index is -0.682. The Kier molecular flexibility index (Phi) is 49.1. The van der Waals surface area contributed by atoms with Gasteiger partial charge in [0, 0.05) is 12.8 Å². The summed E-state index contributed by atoms with van der Waals surface area (Å²) in [5.74, 6) is -0.0980. The maximum Gasteiger partial charge on any atom is 0.305 e. The van der Waals surface area contributed by atoms with Gasteiger partial charge in [0.25, 0.3) is 0 Å². The number of carbonyl (C=O) groups is 2. The molecule has 2 unspecified atom stereocenters. The predicted molar refractivity (Wildman–Crippen MR) is 264 cm³/mol. The molecule has 0 saturated heterocycles. The number of amides is 1. The van der Waals surface area contributed by atoms with Crippen LogP contribution >= 0.6 is 0 Å². The van der Waals surface area contributed by atoms with Crippen molar-refractivity contribution in [3.05, 3.63) is 36.5 Å². The molecule has 0 aromatic carbocycles. The Hall–Kier alpha value is -1.92. The van der Waals surface area contributed by atoms with E-state index in [2.05, 4.69) is 55.6 Å². The highest BCUT2D eigenvalue weighted by Crippen LogP contribution is 2.16. The van der Waals surface area contributed by atoms with Crippen LogP contribution in [-0.2, 0) is 14.3 Å². The standard InChI is InChI=1S/C55H103NO5/c1-3-5-7-9-11-13-15-17-19-20-22-23-27-31-35-39-43-47-53(58)52(51-57)56-54(59)48-44-40-36-32-28-25-26-30-34-38-42-46-50-61-55(60)49-45-41-37-33-29-24-21-18-16-14-12-10-8-6-4-2/h12,14,18,21,26,30,52-53,57-58H,3-11,13,15-17,19-20,22-25,27-29,31-51H2,1-2H3,(H,56,59)/b14-12-,21-18-,30-26-. The van der Waals surface area contributed by atoms with Gasteiger partial charge in [-0.15, -0.1) is 0 Å². The minimum Gasteiger partial charge on any atom is -0.466 e. The van der Waals surface area contributed by atoms with E-state index in [-0.39, 0.29) is 18.5 Å². The second kappa shape index (κ2) is 50.7. The van der Waals surface area contributed by atoms with Gasteiger partial charge in [0.05, 0.1) is 25.4 Å². The number of rotatable bonds is 49. The van der Waals surface area contributed by atoms with Crippen molar-refractivity contribution < 1.29 is 24.5 Å². The molecule has 1 amide bonds.